The molecule has 4 N–H and O–H groups in total. The van der Waals surface area contributed by atoms with Crippen LogP contribution >= 0.6 is 0 Å². The second-order valence-electron chi connectivity index (χ2n) is 9.65. The molecule has 204 valence electrons. The van der Waals surface area contributed by atoms with E-state index >= 15 is 0 Å². The molecule has 0 unspecified atom stereocenters. The molecule has 2 aromatic rings. The number of Topliss-reactive ketones (excluding diaryl/α,β-unsaturated/α-hetero) is 1. The Morgan fingerprint density at radius 2 is 1.95 bits per heavy atom. The molecule has 0 amide bonds. The summed E-state index contributed by atoms with van der Waals surface area (Å²) < 4.78 is 23.0. The highest BCUT2D eigenvalue weighted by atomic mass is 16.7. The number of phenolic OH excluding ortho intramolecular Hbond substituents is 1. The number of phenols is 1. The van der Waals surface area contributed by atoms with Gasteiger partial charge >= 0.3 is 0 Å². The first-order valence-electron chi connectivity index (χ1n) is 12.5. The van der Waals surface area contributed by atoms with Crippen molar-refractivity contribution in [2.24, 2.45) is 4.99 Å². The highest BCUT2D eigenvalue weighted by Gasteiger charge is 2.45. The smallest absolute Gasteiger partial charge is 0.229 e. The number of ketones is 1. The molecule has 0 aromatic heterocycles. The lowest BCUT2D eigenvalue weighted by molar-refractivity contribution is -0.279. The van der Waals surface area contributed by atoms with Crippen molar-refractivity contribution in [2.75, 3.05) is 20.3 Å². The number of aryl methyl sites for hydroxylation is 1. The second kappa shape index (κ2) is 10.8. The van der Waals surface area contributed by atoms with Gasteiger partial charge in [0, 0.05) is 30.7 Å². The molecule has 2 heterocycles. The van der Waals surface area contributed by atoms with Crippen molar-refractivity contribution in [3.63, 3.8) is 0 Å². The summed E-state index contributed by atoms with van der Waals surface area (Å²) in [6.07, 6.45) is 2.20. The van der Waals surface area contributed by atoms with Crippen molar-refractivity contribution in [3.05, 3.63) is 70.8 Å². The van der Waals surface area contributed by atoms with Crippen LogP contribution < -0.4 is 9.47 Å². The first kappa shape index (κ1) is 26.9. The van der Waals surface area contributed by atoms with Crippen LogP contribution in [-0.2, 0) is 9.47 Å². The molecule has 0 spiro atoms. The zero-order chi connectivity index (χ0) is 27.8. The largest absolute Gasteiger partial charge is 0.506 e. The van der Waals surface area contributed by atoms with Gasteiger partial charge in [-0.05, 0) is 30.9 Å². The molecule has 10 heteroatoms. The van der Waals surface area contributed by atoms with Crippen molar-refractivity contribution in [2.45, 2.75) is 44.6 Å². The van der Waals surface area contributed by atoms with E-state index in [1.54, 1.807) is 25.3 Å². The van der Waals surface area contributed by atoms with Gasteiger partial charge in [0.25, 0.3) is 0 Å². The minimum Gasteiger partial charge on any atom is -0.506 e. The fraction of sp³-hybridized carbons (Fsp3) is 0.345. The molecule has 0 bridgehead atoms. The average molecular weight is 537 g/mol. The number of carbonyl (C=O) groups excluding carboxylic acids is 1. The van der Waals surface area contributed by atoms with Crippen LogP contribution in [0.1, 0.15) is 22.8 Å². The Morgan fingerprint density at radius 1 is 1.15 bits per heavy atom. The molecular formula is C29H30NO9+. The van der Waals surface area contributed by atoms with Crippen LogP contribution in [0.3, 0.4) is 0 Å². The molecule has 10 nitrogen and oxygen atoms in total. The van der Waals surface area contributed by atoms with Gasteiger partial charge in [0.15, 0.2) is 11.5 Å². The Balaban J connectivity index is 1.38. The number of methoxy groups -OCH3 is 1. The van der Waals surface area contributed by atoms with Crippen LogP contribution in [0.2, 0.25) is 0 Å². The van der Waals surface area contributed by atoms with Crippen LogP contribution in [0.15, 0.2) is 58.3 Å². The number of hydrogen-bond acceptors (Lipinski definition) is 10. The van der Waals surface area contributed by atoms with E-state index in [4.69, 9.17) is 18.9 Å². The molecule has 5 atom stereocenters. The van der Waals surface area contributed by atoms with Gasteiger partial charge in [-0.1, -0.05) is 6.07 Å². The molecule has 3 aliphatic rings. The van der Waals surface area contributed by atoms with E-state index in [1.165, 1.54) is 20.1 Å². The topological polar surface area (TPSA) is 147 Å². The van der Waals surface area contributed by atoms with Gasteiger partial charge in [-0.25, -0.2) is 0 Å². The first-order valence-corrected chi connectivity index (χ1v) is 12.5. The zero-order valence-corrected chi connectivity index (χ0v) is 21.7. The van der Waals surface area contributed by atoms with Gasteiger partial charge in [0.2, 0.25) is 6.29 Å². The van der Waals surface area contributed by atoms with Crippen LogP contribution in [0, 0.1) is 13.3 Å². The summed E-state index contributed by atoms with van der Waals surface area (Å²) in [6, 6.07) is 4.87. The maximum absolute atomic E-state index is 12.2. The van der Waals surface area contributed by atoms with Crippen LogP contribution in [0.4, 0.5) is 0 Å². The normalized spacial score (nSPS) is 25.9. The van der Waals surface area contributed by atoms with Gasteiger partial charge in [0.05, 0.1) is 36.5 Å². The van der Waals surface area contributed by atoms with Crippen molar-refractivity contribution in [1.82, 2.24) is 0 Å². The number of hydrogen-bond donors (Lipinski definition) is 4. The SMILES string of the molecule is COc1cc(O[C@@H]2O[C@H](COCC3=C4[CH+]C=CC=C4N=C3)[C@@H](O)[C@H](O)[C@H]2O)c2c(O)c(C(C)=O)c(C)cc2c1. The van der Waals surface area contributed by atoms with Crippen molar-refractivity contribution in [1.29, 1.82) is 0 Å². The number of ether oxygens (including phenoxy) is 4. The molecule has 0 saturated carbocycles. The Labute approximate surface area is 225 Å². The summed E-state index contributed by atoms with van der Waals surface area (Å²) in [6.45, 7) is 3.14. The maximum atomic E-state index is 12.2. The molecule has 5 rings (SSSR count). The number of aliphatic hydroxyl groups excluding tert-OH is 3. The molecule has 1 saturated heterocycles. The number of aliphatic imine (C=N–C) groups is 1. The molecule has 2 aromatic carbocycles. The number of rotatable bonds is 8. The molecule has 0 radical (unpaired) electrons. The zero-order valence-electron chi connectivity index (χ0n) is 21.7. The van der Waals surface area contributed by atoms with E-state index in [-0.39, 0.29) is 41.4 Å². The van der Waals surface area contributed by atoms with Gasteiger partial charge in [0.1, 0.15) is 53.8 Å². The van der Waals surface area contributed by atoms with E-state index < -0.39 is 30.7 Å². The van der Waals surface area contributed by atoms with E-state index in [9.17, 15) is 25.2 Å². The maximum Gasteiger partial charge on any atom is 0.229 e. The molecule has 1 fully saturated rings. The Kier molecular flexibility index (Phi) is 7.48. The van der Waals surface area contributed by atoms with Crippen molar-refractivity contribution in [3.8, 4) is 17.2 Å². The quantitative estimate of drug-likeness (QED) is 0.295. The third kappa shape index (κ3) is 5.05. The number of nitrogens with zero attached hydrogens (tertiary/aromatic N) is 1. The minimum absolute atomic E-state index is 0.0611. The van der Waals surface area contributed by atoms with Crippen LogP contribution in [-0.4, -0.2) is 83.5 Å². The van der Waals surface area contributed by atoms with Crippen molar-refractivity contribution < 1.29 is 44.2 Å². The molecular weight excluding hydrogens is 506 g/mol. The average Bonchev–Trinajstić information content (AvgIpc) is 3.32. The molecule has 1 aliphatic carbocycles. The first-order chi connectivity index (χ1) is 18.7. The predicted molar refractivity (Wildman–Crippen MR) is 142 cm³/mol. The lowest BCUT2D eigenvalue weighted by Gasteiger charge is -2.40. The standard InChI is InChI=1S/C29H29NO9/c1-14-8-16-9-18(36-3)10-21(24(16)26(33)23(14)15(2)31)38-29-28(35)27(34)25(32)22(39-29)13-37-12-17-11-30-20-7-5-4-6-19(17)20/h4-11,22,25,27-29,32,34-35H,12-13H2,1-3H3/p+1/t22-,25-,27+,28-,29-/m1/s1. The summed E-state index contributed by atoms with van der Waals surface area (Å²) in [5.41, 5.74) is 3.36. The summed E-state index contributed by atoms with van der Waals surface area (Å²) >= 11 is 0. The molecule has 2 aliphatic heterocycles. The van der Waals surface area contributed by atoms with E-state index in [0.29, 0.717) is 16.7 Å². The second-order valence-corrected chi connectivity index (χ2v) is 9.65. The van der Waals surface area contributed by atoms with Gasteiger partial charge < -0.3 is 39.4 Å². The number of allylic oxidation sites excluding steroid dienone is 4. The Hall–Kier alpha value is -3.67. The third-order valence-corrected chi connectivity index (χ3v) is 6.99. The van der Waals surface area contributed by atoms with Gasteiger partial charge in [-0.2, -0.15) is 4.99 Å². The highest BCUT2D eigenvalue weighted by molar-refractivity contribution is 6.07. The highest BCUT2D eigenvalue weighted by Crippen LogP contribution is 2.42. The number of aliphatic hydroxyl groups is 3. The van der Waals surface area contributed by atoms with Crippen LogP contribution in [0.25, 0.3) is 10.8 Å². The summed E-state index contributed by atoms with van der Waals surface area (Å²) in [4.78, 5) is 16.6. The minimum atomic E-state index is -1.62. The summed E-state index contributed by atoms with van der Waals surface area (Å²) in [5, 5.41) is 43.6. The summed E-state index contributed by atoms with van der Waals surface area (Å²) in [7, 11) is 1.46. The molecule has 39 heavy (non-hydrogen) atoms. The van der Waals surface area contributed by atoms with Gasteiger partial charge in [-0.3, -0.25) is 4.79 Å². The predicted octanol–water partition coefficient (Wildman–Crippen LogP) is 2.31. The van der Waals surface area contributed by atoms with E-state index in [2.05, 4.69) is 4.99 Å². The monoisotopic (exact) mass is 536 g/mol. The number of benzene rings is 2. The number of carbonyl (C=O) groups is 1. The fourth-order valence-electron chi connectivity index (χ4n) is 5.00. The lowest BCUT2D eigenvalue weighted by atomic mass is 9.96. The fourth-order valence-corrected chi connectivity index (χ4v) is 5.00. The van der Waals surface area contributed by atoms with E-state index in [0.717, 1.165) is 16.8 Å². The third-order valence-electron chi connectivity index (χ3n) is 6.99. The van der Waals surface area contributed by atoms with Crippen molar-refractivity contribution >= 4 is 22.8 Å². The summed E-state index contributed by atoms with van der Waals surface area (Å²) in [5.74, 6) is -0.151. The van der Waals surface area contributed by atoms with E-state index in [1.807, 2.05) is 24.6 Å². The Bertz CT molecular complexity index is 1420. The Morgan fingerprint density at radius 3 is 2.69 bits per heavy atom. The number of fused-ring (bicyclic) bond motifs is 2. The van der Waals surface area contributed by atoms with Gasteiger partial charge in [-0.15, -0.1) is 0 Å². The lowest BCUT2D eigenvalue weighted by Crippen LogP contribution is -2.60. The number of aromatic hydroxyl groups is 1. The van der Waals surface area contributed by atoms with Crippen LogP contribution in [0.5, 0.6) is 17.2 Å².